The third kappa shape index (κ3) is 1.27. The normalized spacial score (nSPS) is 9.40. The van der Waals surface area contributed by atoms with E-state index >= 15 is 0 Å². The molecule has 0 atom stereocenters. The predicted molar refractivity (Wildman–Crippen MR) is 43.0 cm³/mol. The van der Waals surface area contributed by atoms with Gasteiger partial charge >= 0.3 is 0 Å². The number of aromatic nitrogens is 2. The lowest BCUT2D eigenvalue weighted by molar-refractivity contribution is 0.385. The Morgan fingerprint density at radius 3 is 3.00 bits per heavy atom. The van der Waals surface area contributed by atoms with Crippen LogP contribution in [0.2, 0.25) is 0 Å². The molecule has 0 radical (unpaired) electrons. The average molecular weight is 253 g/mol. The van der Waals surface area contributed by atoms with Crippen molar-refractivity contribution in [3.8, 4) is 0 Å². The van der Waals surface area contributed by atoms with Crippen LogP contribution in [0.3, 0.4) is 0 Å². The molecule has 0 aliphatic rings. The van der Waals surface area contributed by atoms with Crippen molar-refractivity contribution in [3.63, 3.8) is 0 Å². The van der Waals surface area contributed by atoms with E-state index in [-0.39, 0.29) is 11.4 Å². The van der Waals surface area contributed by atoms with Crippen LogP contribution >= 0.6 is 22.6 Å². The van der Waals surface area contributed by atoms with Crippen molar-refractivity contribution in [2.45, 2.75) is 0 Å². The van der Waals surface area contributed by atoms with Crippen molar-refractivity contribution in [2.75, 3.05) is 5.48 Å². The smallest absolute Gasteiger partial charge is 0.266 e. The van der Waals surface area contributed by atoms with E-state index in [1.165, 1.54) is 6.33 Å². The van der Waals surface area contributed by atoms with Gasteiger partial charge in [-0.3, -0.25) is 15.5 Å². The molecule has 0 unspecified atom stereocenters. The molecular weight excluding hydrogens is 249 g/mol. The molecule has 1 rings (SSSR count). The molecule has 1 aromatic heterocycles. The van der Waals surface area contributed by atoms with E-state index in [0.717, 1.165) is 0 Å². The Bertz CT molecular complexity index is 284. The minimum Gasteiger partial charge on any atom is -0.312 e. The Morgan fingerprint density at radius 2 is 2.50 bits per heavy atom. The van der Waals surface area contributed by atoms with Crippen LogP contribution in [0.4, 0.5) is 5.82 Å². The first kappa shape index (κ1) is 7.48. The van der Waals surface area contributed by atoms with Crippen molar-refractivity contribution < 1.29 is 5.21 Å². The lowest BCUT2D eigenvalue weighted by atomic mass is 10.6. The van der Waals surface area contributed by atoms with Gasteiger partial charge in [-0.05, 0) is 22.6 Å². The summed E-state index contributed by atoms with van der Waals surface area (Å²) >= 11 is 1.78. The van der Waals surface area contributed by atoms with Crippen molar-refractivity contribution in [1.29, 1.82) is 0 Å². The van der Waals surface area contributed by atoms with E-state index < -0.39 is 0 Å². The van der Waals surface area contributed by atoms with Gasteiger partial charge in [0.25, 0.3) is 5.56 Å². The molecule has 3 N–H and O–H groups in total. The van der Waals surface area contributed by atoms with Gasteiger partial charge in [0, 0.05) is 0 Å². The zero-order valence-electron chi connectivity index (χ0n) is 4.76. The molecule has 0 aliphatic heterocycles. The van der Waals surface area contributed by atoms with Crippen LogP contribution in [-0.2, 0) is 0 Å². The molecule has 5 nitrogen and oxygen atoms in total. The number of H-pyrrole nitrogens is 1. The number of anilines is 1. The highest BCUT2D eigenvalue weighted by atomic mass is 127. The summed E-state index contributed by atoms with van der Waals surface area (Å²) in [5.41, 5.74) is 1.53. The van der Waals surface area contributed by atoms with Crippen molar-refractivity contribution in [1.82, 2.24) is 9.97 Å². The summed E-state index contributed by atoms with van der Waals surface area (Å²) in [4.78, 5) is 16.7. The third-order valence-corrected chi connectivity index (χ3v) is 1.90. The number of nitrogens with one attached hydrogen (secondary N) is 2. The minimum absolute atomic E-state index is 0.171. The first-order chi connectivity index (χ1) is 4.75. The Balaban J connectivity index is 3.28. The second-order valence-electron chi connectivity index (χ2n) is 1.51. The van der Waals surface area contributed by atoms with Gasteiger partial charge in [-0.2, -0.15) is 0 Å². The SMILES string of the molecule is O=c1[nH]cnc(NO)c1I. The molecule has 10 heavy (non-hydrogen) atoms. The Morgan fingerprint density at radius 1 is 1.80 bits per heavy atom. The quantitative estimate of drug-likeness (QED) is 0.492. The average Bonchev–Trinajstić information content (AvgIpc) is 1.95. The van der Waals surface area contributed by atoms with Gasteiger partial charge in [0.2, 0.25) is 0 Å². The van der Waals surface area contributed by atoms with Crippen LogP contribution < -0.4 is 11.0 Å². The number of halogens is 1. The van der Waals surface area contributed by atoms with Gasteiger partial charge in [0.05, 0.1) is 6.33 Å². The fraction of sp³-hybridized carbons (Fsp3) is 0. The Kier molecular flexibility index (Phi) is 2.22. The summed E-state index contributed by atoms with van der Waals surface area (Å²) in [6, 6.07) is 0. The zero-order valence-corrected chi connectivity index (χ0v) is 6.92. The van der Waals surface area contributed by atoms with Gasteiger partial charge in [0.1, 0.15) is 3.57 Å². The Labute approximate surface area is 69.6 Å². The van der Waals surface area contributed by atoms with E-state index in [9.17, 15) is 4.79 Å². The van der Waals surface area contributed by atoms with Gasteiger partial charge in [-0.1, -0.05) is 0 Å². The molecule has 1 aromatic rings. The maximum atomic E-state index is 10.7. The molecule has 1 heterocycles. The standard InChI is InChI=1S/C4H4IN3O2/c5-2-3(8-10)6-1-7-4(2)9/h1,10H,(H2,6,7,8,9). The summed E-state index contributed by atoms with van der Waals surface area (Å²) in [6.07, 6.45) is 1.21. The van der Waals surface area contributed by atoms with Gasteiger partial charge in [-0.25, -0.2) is 4.98 Å². The molecule has 6 heteroatoms. The molecule has 0 fully saturated rings. The van der Waals surface area contributed by atoms with E-state index in [2.05, 4.69) is 9.97 Å². The molecule has 0 bridgehead atoms. The molecule has 54 valence electrons. The third-order valence-electron chi connectivity index (χ3n) is 0.902. The first-order valence-electron chi connectivity index (χ1n) is 2.39. The summed E-state index contributed by atoms with van der Waals surface area (Å²) in [5, 5.41) is 8.37. The van der Waals surface area contributed by atoms with E-state index in [1.54, 1.807) is 28.1 Å². The summed E-state index contributed by atoms with van der Waals surface area (Å²) in [5.74, 6) is 0.171. The number of aromatic amines is 1. The maximum absolute atomic E-state index is 10.7. The van der Waals surface area contributed by atoms with Gasteiger partial charge < -0.3 is 4.98 Å². The van der Waals surface area contributed by atoms with Gasteiger partial charge in [0.15, 0.2) is 5.82 Å². The van der Waals surface area contributed by atoms with Crippen LogP contribution in [-0.4, -0.2) is 15.2 Å². The topological polar surface area (TPSA) is 78.0 Å². The predicted octanol–water partition coefficient (Wildman–Crippen LogP) is 0.176. The second-order valence-corrected chi connectivity index (χ2v) is 2.58. The number of hydrogen-bond acceptors (Lipinski definition) is 4. The summed E-state index contributed by atoms with van der Waals surface area (Å²) < 4.78 is 0.336. The van der Waals surface area contributed by atoms with Crippen LogP contribution in [0, 0.1) is 3.57 Å². The Hall–Kier alpha value is -0.630. The van der Waals surface area contributed by atoms with E-state index in [0.29, 0.717) is 3.57 Å². The van der Waals surface area contributed by atoms with Crippen molar-refractivity contribution in [3.05, 3.63) is 20.3 Å². The van der Waals surface area contributed by atoms with Gasteiger partial charge in [-0.15, -0.1) is 0 Å². The minimum atomic E-state index is -0.271. The number of rotatable bonds is 1. The van der Waals surface area contributed by atoms with Crippen LogP contribution in [0.5, 0.6) is 0 Å². The highest BCUT2D eigenvalue weighted by molar-refractivity contribution is 14.1. The maximum Gasteiger partial charge on any atom is 0.266 e. The highest BCUT2D eigenvalue weighted by Crippen LogP contribution is 2.06. The van der Waals surface area contributed by atoms with Crippen LogP contribution in [0.25, 0.3) is 0 Å². The zero-order chi connectivity index (χ0) is 7.56. The number of hydrogen-bond donors (Lipinski definition) is 3. The van der Waals surface area contributed by atoms with E-state index in [1.807, 2.05) is 0 Å². The first-order valence-corrected chi connectivity index (χ1v) is 3.47. The lowest BCUT2D eigenvalue weighted by Gasteiger charge is -1.96. The van der Waals surface area contributed by atoms with Crippen LogP contribution in [0.15, 0.2) is 11.1 Å². The molecular formula is C4H4IN3O2. The van der Waals surface area contributed by atoms with Crippen LogP contribution in [0.1, 0.15) is 0 Å². The fourth-order valence-electron chi connectivity index (χ4n) is 0.461. The largest absolute Gasteiger partial charge is 0.312 e. The number of nitrogens with zero attached hydrogens (tertiary/aromatic N) is 1. The van der Waals surface area contributed by atoms with Crippen molar-refractivity contribution in [2.24, 2.45) is 0 Å². The molecule has 0 amide bonds. The van der Waals surface area contributed by atoms with E-state index in [4.69, 9.17) is 5.21 Å². The lowest BCUT2D eigenvalue weighted by Crippen LogP contribution is -2.12. The molecule has 0 saturated carbocycles. The van der Waals surface area contributed by atoms with Crippen molar-refractivity contribution >= 4 is 28.4 Å². The molecule has 0 saturated heterocycles. The highest BCUT2D eigenvalue weighted by Gasteiger charge is 2.01. The fourth-order valence-corrected chi connectivity index (χ4v) is 0.877. The molecule has 0 spiro atoms. The molecule has 0 aromatic carbocycles. The molecule has 0 aliphatic carbocycles. The monoisotopic (exact) mass is 253 g/mol. The summed E-state index contributed by atoms with van der Waals surface area (Å²) in [7, 11) is 0. The second kappa shape index (κ2) is 2.97. The summed E-state index contributed by atoms with van der Waals surface area (Å²) in [6.45, 7) is 0.